The first-order valence-electron chi connectivity index (χ1n) is 7.46. The second kappa shape index (κ2) is 12.7. The topological polar surface area (TPSA) is 51.5 Å². The molecule has 0 amide bonds. The summed E-state index contributed by atoms with van der Waals surface area (Å²) in [5.41, 5.74) is 0. The van der Waals surface area contributed by atoms with Crippen molar-refractivity contribution in [1.29, 1.82) is 5.26 Å². The molecule has 4 nitrogen and oxygen atoms in total. The van der Waals surface area contributed by atoms with Crippen LogP contribution in [0.25, 0.3) is 0 Å². The molecular formula is C14H29NO3SSi. The van der Waals surface area contributed by atoms with Crippen molar-refractivity contribution < 1.29 is 13.3 Å². The van der Waals surface area contributed by atoms with Crippen molar-refractivity contribution in [2.75, 3.05) is 6.61 Å². The van der Waals surface area contributed by atoms with Crippen LogP contribution in [0.4, 0.5) is 0 Å². The number of hydrogen-bond acceptors (Lipinski definition) is 5. The van der Waals surface area contributed by atoms with Crippen LogP contribution in [0.15, 0.2) is 0 Å². The van der Waals surface area contributed by atoms with Crippen LogP contribution in [-0.4, -0.2) is 33.6 Å². The molecule has 20 heavy (non-hydrogen) atoms. The number of rotatable bonds is 12. The van der Waals surface area contributed by atoms with E-state index in [9.17, 15) is 0 Å². The molecule has 0 aliphatic rings. The normalized spacial score (nSPS) is 13.2. The third-order valence-electron chi connectivity index (χ3n) is 2.53. The van der Waals surface area contributed by atoms with Gasteiger partial charge in [0, 0.05) is 17.5 Å². The molecule has 0 aromatic rings. The molecule has 0 aromatic carbocycles. The van der Waals surface area contributed by atoms with Crippen molar-refractivity contribution in [1.82, 2.24) is 0 Å². The Morgan fingerprint density at radius 3 is 2.15 bits per heavy atom. The summed E-state index contributed by atoms with van der Waals surface area (Å²) in [6, 6.07) is 0. The van der Waals surface area contributed by atoms with E-state index < -0.39 is 9.53 Å². The molecule has 1 unspecified atom stereocenters. The van der Waals surface area contributed by atoms with Crippen molar-refractivity contribution in [2.24, 2.45) is 0 Å². The highest BCUT2D eigenvalue weighted by Gasteiger charge is 2.21. The van der Waals surface area contributed by atoms with Crippen molar-refractivity contribution >= 4 is 21.3 Å². The van der Waals surface area contributed by atoms with Crippen LogP contribution in [0.2, 0.25) is 0 Å². The Hall–Kier alpha value is -0.0631. The minimum absolute atomic E-state index is 0.104. The third kappa shape index (κ3) is 11.7. The zero-order valence-corrected chi connectivity index (χ0v) is 15.4. The fraction of sp³-hybridized carbons (Fsp3) is 0.929. The fourth-order valence-corrected chi connectivity index (χ4v) is 3.83. The molecule has 0 rings (SSSR count). The predicted octanol–water partition coefficient (Wildman–Crippen LogP) is 3.73. The predicted molar refractivity (Wildman–Crippen MR) is 86.7 cm³/mol. The molecule has 0 heterocycles. The van der Waals surface area contributed by atoms with Crippen LogP contribution in [0.5, 0.6) is 0 Å². The zero-order valence-electron chi connectivity index (χ0n) is 13.4. The van der Waals surface area contributed by atoms with Crippen LogP contribution in [0, 0.1) is 10.7 Å². The minimum atomic E-state index is -2.09. The number of nitriles is 1. The van der Waals surface area contributed by atoms with Gasteiger partial charge in [-0.3, -0.25) is 0 Å². The smallest absolute Gasteiger partial charge is 0.375 e. The molecular weight excluding hydrogens is 290 g/mol. The summed E-state index contributed by atoms with van der Waals surface area (Å²) in [5, 5.41) is 11.2. The molecule has 0 saturated carbocycles. The fourth-order valence-electron chi connectivity index (χ4n) is 1.61. The van der Waals surface area contributed by atoms with Crippen molar-refractivity contribution in [3.05, 3.63) is 0 Å². The van der Waals surface area contributed by atoms with E-state index in [-0.39, 0.29) is 17.5 Å². The van der Waals surface area contributed by atoms with E-state index in [1.54, 1.807) is 0 Å². The molecule has 118 valence electrons. The summed E-state index contributed by atoms with van der Waals surface area (Å²) in [6.45, 7) is 10.6. The molecule has 0 aliphatic carbocycles. The Kier molecular flexibility index (Phi) is 12.6. The van der Waals surface area contributed by atoms with Gasteiger partial charge in [0.1, 0.15) is 5.40 Å². The maximum atomic E-state index is 8.86. The van der Waals surface area contributed by atoms with Crippen molar-refractivity contribution in [3.63, 3.8) is 0 Å². The second-order valence-corrected chi connectivity index (χ2v) is 7.86. The van der Waals surface area contributed by atoms with Gasteiger partial charge in [0.2, 0.25) is 0 Å². The largest absolute Gasteiger partial charge is 0.484 e. The summed E-state index contributed by atoms with van der Waals surface area (Å²) in [6.07, 6.45) is 4.75. The van der Waals surface area contributed by atoms with Gasteiger partial charge in [-0.2, -0.15) is 5.26 Å². The highest BCUT2D eigenvalue weighted by Crippen LogP contribution is 2.18. The molecule has 0 saturated heterocycles. The maximum absolute atomic E-state index is 8.86. The zero-order chi connectivity index (χ0) is 15.4. The standard InChI is InChI=1S/C14H29NO3SSi/c1-6-7-8-9-14(19-11-15)10-16-20(17-12(2)3)18-13(4)5/h12-14,20H,6-10H2,1-5H3. The van der Waals surface area contributed by atoms with Gasteiger partial charge in [0.05, 0.1) is 6.61 Å². The van der Waals surface area contributed by atoms with Crippen LogP contribution in [0.1, 0.15) is 60.3 Å². The van der Waals surface area contributed by atoms with Gasteiger partial charge in [0.25, 0.3) is 0 Å². The lowest BCUT2D eigenvalue weighted by atomic mass is 10.2. The number of unbranched alkanes of at least 4 members (excludes halogenated alkanes) is 2. The van der Waals surface area contributed by atoms with Gasteiger partial charge < -0.3 is 13.3 Å². The average molecular weight is 320 g/mol. The van der Waals surface area contributed by atoms with Crippen LogP contribution in [0.3, 0.4) is 0 Å². The molecule has 0 aromatic heterocycles. The molecule has 1 atom stereocenters. The van der Waals surface area contributed by atoms with E-state index in [1.807, 2.05) is 27.7 Å². The van der Waals surface area contributed by atoms with Gasteiger partial charge >= 0.3 is 9.53 Å². The minimum Gasteiger partial charge on any atom is -0.375 e. The van der Waals surface area contributed by atoms with Gasteiger partial charge in [0.15, 0.2) is 0 Å². The average Bonchev–Trinajstić information content (AvgIpc) is 2.34. The van der Waals surface area contributed by atoms with E-state index in [1.165, 1.54) is 24.6 Å². The van der Waals surface area contributed by atoms with Gasteiger partial charge in [-0.15, -0.1) is 0 Å². The lowest BCUT2D eigenvalue weighted by Crippen LogP contribution is -2.34. The van der Waals surface area contributed by atoms with Crippen LogP contribution in [-0.2, 0) is 13.3 Å². The molecule has 0 aliphatic heterocycles. The molecule has 0 radical (unpaired) electrons. The van der Waals surface area contributed by atoms with Crippen LogP contribution < -0.4 is 0 Å². The van der Waals surface area contributed by atoms with E-state index in [0.717, 1.165) is 12.8 Å². The first-order chi connectivity index (χ1) is 9.49. The lowest BCUT2D eigenvalue weighted by Gasteiger charge is -2.22. The van der Waals surface area contributed by atoms with Crippen LogP contribution >= 0.6 is 11.8 Å². The molecule has 0 N–H and O–H groups in total. The highest BCUT2D eigenvalue weighted by atomic mass is 32.2. The Labute approximate surface area is 130 Å². The van der Waals surface area contributed by atoms with E-state index >= 15 is 0 Å². The Morgan fingerprint density at radius 2 is 1.70 bits per heavy atom. The number of thioether (sulfide) groups is 1. The lowest BCUT2D eigenvalue weighted by molar-refractivity contribution is 0.0503. The Bertz CT molecular complexity index is 262. The van der Waals surface area contributed by atoms with Gasteiger partial charge in [-0.05, 0) is 45.9 Å². The first-order valence-corrected chi connectivity index (χ1v) is 9.76. The van der Waals surface area contributed by atoms with Crippen molar-refractivity contribution in [3.8, 4) is 5.40 Å². The summed E-state index contributed by atoms with van der Waals surface area (Å²) in [7, 11) is -2.09. The molecule has 0 bridgehead atoms. The number of hydrogen-bond donors (Lipinski definition) is 0. The van der Waals surface area contributed by atoms with E-state index in [0.29, 0.717) is 6.61 Å². The summed E-state index contributed by atoms with van der Waals surface area (Å²) in [4.78, 5) is 0. The highest BCUT2D eigenvalue weighted by molar-refractivity contribution is 8.04. The van der Waals surface area contributed by atoms with Crippen molar-refractivity contribution in [2.45, 2.75) is 77.8 Å². The third-order valence-corrected chi connectivity index (χ3v) is 5.34. The molecule has 0 spiro atoms. The Balaban J connectivity index is 4.19. The summed E-state index contributed by atoms with van der Waals surface area (Å²) < 4.78 is 17.3. The SMILES string of the molecule is CCCCCC(CO[SiH](OC(C)C)OC(C)C)SC#N. The van der Waals surface area contributed by atoms with E-state index in [2.05, 4.69) is 12.3 Å². The monoisotopic (exact) mass is 319 g/mol. The Morgan fingerprint density at radius 1 is 1.10 bits per heavy atom. The summed E-state index contributed by atoms with van der Waals surface area (Å²) >= 11 is 1.30. The maximum Gasteiger partial charge on any atom is 0.484 e. The van der Waals surface area contributed by atoms with Gasteiger partial charge in [-0.25, -0.2) is 0 Å². The van der Waals surface area contributed by atoms with E-state index in [4.69, 9.17) is 18.5 Å². The summed E-state index contributed by atoms with van der Waals surface area (Å²) in [5.74, 6) is 0. The van der Waals surface area contributed by atoms with Gasteiger partial charge in [-0.1, -0.05) is 26.2 Å². The number of nitrogens with zero attached hydrogens (tertiary/aromatic N) is 1. The first kappa shape index (κ1) is 19.9. The number of thiocyanates is 1. The molecule has 6 heteroatoms. The quantitative estimate of drug-likeness (QED) is 0.312. The molecule has 0 fully saturated rings. The second-order valence-electron chi connectivity index (χ2n) is 5.32.